The third kappa shape index (κ3) is 33.3. The number of carboxylic acid groups (broad SMARTS) is 1. The van der Waals surface area contributed by atoms with Crippen molar-refractivity contribution in [3.05, 3.63) is 0 Å². The van der Waals surface area contributed by atoms with Crippen molar-refractivity contribution in [1.29, 1.82) is 0 Å². The average Bonchev–Trinajstić information content (AvgIpc) is 2.83. The number of hydrogen-bond acceptors (Lipinski definition) is 3. The van der Waals surface area contributed by atoms with Gasteiger partial charge in [0.05, 0.1) is 27.6 Å². The zero-order valence-electron chi connectivity index (χ0n) is 26.5. The van der Waals surface area contributed by atoms with E-state index >= 15 is 0 Å². The van der Waals surface area contributed by atoms with E-state index < -0.39 is 12.1 Å². The number of carboxylic acids is 1. The fraction of sp³-hybridized carbons (Fsp3) is 0.939. The number of carbonyl (C=O) groups excluding carboxylic acids is 1. The van der Waals surface area contributed by atoms with Crippen LogP contribution in [0.2, 0.25) is 0 Å². The molecule has 0 aromatic heterocycles. The highest BCUT2D eigenvalue weighted by atomic mass is 35.5. The summed E-state index contributed by atoms with van der Waals surface area (Å²) in [6, 6.07) is 0. The monoisotopic (exact) mass is 575 g/mol. The van der Waals surface area contributed by atoms with Crippen LogP contribution >= 0.6 is 0 Å². The maximum absolute atomic E-state index is 12.1. The second kappa shape index (κ2) is 28.7. The van der Waals surface area contributed by atoms with Crippen LogP contribution in [-0.2, 0) is 14.3 Å². The number of quaternary nitrogens is 1. The highest BCUT2D eigenvalue weighted by molar-refractivity contribution is 5.71. The molecule has 234 valence electrons. The lowest BCUT2D eigenvalue weighted by Crippen LogP contribution is -3.00. The van der Waals surface area contributed by atoms with E-state index in [0.717, 1.165) is 12.8 Å². The fourth-order valence-electron chi connectivity index (χ4n) is 5.25. The first-order valence-electron chi connectivity index (χ1n) is 16.5. The molecule has 6 heteroatoms. The number of likely N-dealkylation sites (N-methyl/N-ethyl adjacent to an activating group) is 1. The van der Waals surface area contributed by atoms with Gasteiger partial charge in [-0.25, -0.2) is 0 Å². The zero-order valence-corrected chi connectivity index (χ0v) is 27.2. The van der Waals surface area contributed by atoms with Crippen LogP contribution in [0.15, 0.2) is 0 Å². The van der Waals surface area contributed by atoms with Crippen LogP contribution in [0.5, 0.6) is 0 Å². The Morgan fingerprint density at radius 3 is 1.18 bits per heavy atom. The van der Waals surface area contributed by atoms with Crippen molar-refractivity contribution in [2.45, 2.75) is 174 Å². The Bertz CT molecular complexity index is 550. The minimum Gasteiger partial charge on any atom is -1.00 e. The Balaban J connectivity index is 0. The summed E-state index contributed by atoms with van der Waals surface area (Å²) >= 11 is 0. The molecule has 0 rings (SSSR count). The second-order valence-electron chi connectivity index (χ2n) is 12.7. The Morgan fingerprint density at radius 2 is 0.897 bits per heavy atom. The molecule has 0 saturated heterocycles. The van der Waals surface area contributed by atoms with Gasteiger partial charge in [0, 0.05) is 6.42 Å². The van der Waals surface area contributed by atoms with E-state index in [2.05, 4.69) is 6.92 Å². The molecule has 0 aliphatic carbocycles. The van der Waals surface area contributed by atoms with Crippen LogP contribution in [0.1, 0.15) is 167 Å². The number of ether oxygens (including phenoxy) is 1. The Kier molecular flexibility index (Phi) is 29.7. The van der Waals surface area contributed by atoms with Gasteiger partial charge in [-0.05, 0) is 6.42 Å². The first-order valence-corrected chi connectivity index (χ1v) is 16.5. The molecule has 0 aromatic carbocycles. The quantitative estimate of drug-likeness (QED) is 0.0631. The third-order valence-electron chi connectivity index (χ3n) is 7.44. The molecule has 39 heavy (non-hydrogen) atoms. The van der Waals surface area contributed by atoms with Gasteiger partial charge in [-0.1, -0.05) is 148 Å². The minimum absolute atomic E-state index is 0. The average molecular weight is 576 g/mol. The van der Waals surface area contributed by atoms with Gasteiger partial charge in [-0.2, -0.15) is 0 Å². The van der Waals surface area contributed by atoms with E-state index in [-0.39, 0.29) is 24.8 Å². The van der Waals surface area contributed by atoms with E-state index in [9.17, 15) is 9.59 Å². The summed E-state index contributed by atoms with van der Waals surface area (Å²) in [5.74, 6) is -1.18. The van der Waals surface area contributed by atoms with Crippen LogP contribution < -0.4 is 12.4 Å². The van der Waals surface area contributed by atoms with Gasteiger partial charge in [-0.15, -0.1) is 0 Å². The van der Waals surface area contributed by atoms with E-state index in [4.69, 9.17) is 9.84 Å². The molecule has 1 N–H and O–H groups in total. The van der Waals surface area contributed by atoms with Crippen molar-refractivity contribution in [3.8, 4) is 0 Å². The fourth-order valence-corrected chi connectivity index (χ4v) is 5.25. The van der Waals surface area contributed by atoms with Crippen molar-refractivity contribution < 1.29 is 36.3 Å². The van der Waals surface area contributed by atoms with Crippen LogP contribution in [0, 0.1) is 0 Å². The predicted octanol–water partition coefficient (Wildman–Crippen LogP) is 6.47. The largest absolute Gasteiger partial charge is 1.00 e. The van der Waals surface area contributed by atoms with Gasteiger partial charge in [0.15, 0.2) is 6.10 Å². The molecule has 0 saturated carbocycles. The van der Waals surface area contributed by atoms with E-state index in [1.165, 1.54) is 135 Å². The third-order valence-corrected chi connectivity index (χ3v) is 7.44. The summed E-state index contributed by atoms with van der Waals surface area (Å²) in [6.07, 6.45) is 30.9. The number of esters is 1. The maximum Gasteiger partial charge on any atom is 0.307 e. The Labute approximate surface area is 249 Å². The Hall–Kier alpha value is -0.810. The van der Waals surface area contributed by atoms with Crippen LogP contribution in [0.4, 0.5) is 0 Å². The molecular weight excluding hydrogens is 510 g/mol. The number of carbonyl (C=O) groups is 2. The molecule has 0 amide bonds. The van der Waals surface area contributed by atoms with Crippen molar-refractivity contribution in [3.63, 3.8) is 0 Å². The molecule has 0 fully saturated rings. The van der Waals surface area contributed by atoms with Gasteiger partial charge >= 0.3 is 11.9 Å². The number of aliphatic carboxylic acids is 1. The van der Waals surface area contributed by atoms with Crippen molar-refractivity contribution >= 4 is 11.9 Å². The van der Waals surface area contributed by atoms with Crippen molar-refractivity contribution in [1.82, 2.24) is 0 Å². The predicted molar refractivity (Wildman–Crippen MR) is 162 cm³/mol. The van der Waals surface area contributed by atoms with Gasteiger partial charge in [0.25, 0.3) is 0 Å². The number of halogens is 1. The molecule has 0 heterocycles. The lowest BCUT2D eigenvalue weighted by atomic mass is 10.0. The van der Waals surface area contributed by atoms with Crippen molar-refractivity contribution in [2.24, 2.45) is 0 Å². The van der Waals surface area contributed by atoms with Gasteiger partial charge in [0.1, 0.15) is 6.54 Å². The topological polar surface area (TPSA) is 63.6 Å². The number of rotatable bonds is 29. The minimum atomic E-state index is -0.921. The maximum atomic E-state index is 12.1. The first kappa shape index (κ1) is 40.3. The molecule has 1 unspecified atom stereocenters. The molecule has 0 aromatic rings. The molecule has 0 aliphatic rings. The molecule has 5 nitrogen and oxygen atoms in total. The highest BCUT2D eigenvalue weighted by Crippen LogP contribution is 2.16. The molecule has 1 atom stereocenters. The highest BCUT2D eigenvalue weighted by Gasteiger charge is 2.24. The summed E-state index contributed by atoms with van der Waals surface area (Å²) in [6.45, 7) is 2.80. The van der Waals surface area contributed by atoms with E-state index in [0.29, 0.717) is 17.4 Å². The summed E-state index contributed by atoms with van der Waals surface area (Å²) in [5.41, 5.74) is 0. The normalized spacial score (nSPS) is 12.2. The lowest BCUT2D eigenvalue weighted by molar-refractivity contribution is -0.873. The molecule has 0 aliphatic heterocycles. The van der Waals surface area contributed by atoms with E-state index in [1.807, 2.05) is 21.1 Å². The molecule has 0 spiro atoms. The van der Waals surface area contributed by atoms with Gasteiger partial charge < -0.3 is 26.7 Å². The molecule has 0 bridgehead atoms. The first-order chi connectivity index (χ1) is 18.2. The Morgan fingerprint density at radius 1 is 0.590 bits per heavy atom. The SMILES string of the molecule is CCCCCCCCCCCCCCCCCCCCCCCCCC(=O)OC(CC(=O)O)C[N+](C)(C)C.[Cl-]. The second-order valence-corrected chi connectivity index (χ2v) is 12.7. The van der Waals surface area contributed by atoms with E-state index in [1.54, 1.807) is 0 Å². The number of nitrogens with zero attached hydrogens (tertiary/aromatic N) is 1. The summed E-state index contributed by atoms with van der Waals surface area (Å²) in [7, 11) is 5.93. The van der Waals surface area contributed by atoms with Crippen molar-refractivity contribution in [2.75, 3.05) is 27.7 Å². The summed E-state index contributed by atoms with van der Waals surface area (Å²) in [4.78, 5) is 23.2. The van der Waals surface area contributed by atoms with Gasteiger partial charge in [-0.3, -0.25) is 9.59 Å². The summed E-state index contributed by atoms with van der Waals surface area (Å²) in [5, 5.41) is 9.06. The lowest BCUT2D eigenvalue weighted by Gasteiger charge is -2.28. The molecule has 0 radical (unpaired) electrons. The smallest absolute Gasteiger partial charge is 0.307 e. The molecular formula is C33H66ClNO4. The van der Waals surface area contributed by atoms with Crippen LogP contribution in [-0.4, -0.2) is 55.3 Å². The summed E-state index contributed by atoms with van der Waals surface area (Å²) < 4.78 is 6.03. The standard InChI is InChI=1S/C33H65NO4.ClH/c1-5-6-7-8-9-10-11-12-13-14-15-16-17-18-19-20-21-22-23-24-25-26-27-28-33(37)38-31(29-32(35)36)30-34(2,3)4;/h31H,5-30H2,1-4H3;1H. The van der Waals surface area contributed by atoms with Crippen LogP contribution in [0.3, 0.4) is 0 Å². The van der Waals surface area contributed by atoms with Gasteiger partial charge in [0.2, 0.25) is 0 Å². The number of unbranched alkanes of at least 4 members (excludes halogenated alkanes) is 22. The van der Waals surface area contributed by atoms with Crippen LogP contribution in [0.25, 0.3) is 0 Å². The zero-order chi connectivity index (χ0) is 28.3. The number of hydrogen-bond donors (Lipinski definition) is 1.